The van der Waals surface area contributed by atoms with Crippen LogP contribution in [0.25, 0.3) is 5.52 Å². The number of aliphatic hydroxyl groups is 2. The van der Waals surface area contributed by atoms with E-state index in [1.165, 1.54) is 11.0 Å². The average molecular weight is 501 g/mol. The molecule has 12 heteroatoms. The third-order valence-corrected chi connectivity index (χ3v) is 7.70. The summed E-state index contributed by atoms with van der Waals surface area (Å²) in [4.78, 5) is 28.8. The van der Waals surface area contributed by atoms with Crippen molar-refractivity contribution in [3.63, 3.8) is 0 Å². The van der Waals surface area contributed by atoms with Crippen LogP contribution in [0.5, 0.6) is 0 Å². The van der Waals surface area contributed by atoms with E-state index in [1.807, 2.05) is 0 Å². The number of aliphatic hydroxyl groups excluding tert-OH is 2. The zero-order valence-electron chi connectivity index (χ0n) is 18.3. The number of nitrogens with zero attached hydrogens (tertiary/aromatic N) is 4. The molecular formula is C22H24ClF3N4O4. The van der Waals surface area contributed by atoms with Gasteiger partial charge in [0.1, 0.15) is 12.2 Å². The molecule has 2 saturated carbocycles. The van der Waals surface area contributed by atoms with Crippen molar-refractivity contribution in [3.05, 3.63) is 34.1 Å². The minimum Gasteiger partial charge on any atom is -0.396 e. The van der Waals surface area contributed by atoms with Gasteiger partial charge in [0, 0.05) is 25.6 Å². The fraction of sp³-hybridized carbons (Fsp3) is 0.591. The maximum absolute atomic E-state index is 13.7. The van der Waals surface area contributed by atoms with Crippen molar-refractivity contribution in [1.29, 1.82) is 0 Å². The third kappa shape index (κ3) is 3.74. The number of carbonyl (C=O) groups excluding carboxylic acids is 2. The first-order valence-corrected chi connectivity index (χ1v) is 11.6. The second-order valence-corrected chi connectivity index (χ2v) is 9.86. The van der Waals surface area contributed by atoms with Gasteiger partial charge in [-0.1, -0.05) is 18.5 Å². The lowest BCUT2D eigenvalue weighted by molar-refractivity contribution is -0.142. The van der Waals surface area contributed by atoms with Gasteiger partial charge in [0.2, 0.25) is 5.91 Å². The molecule has 5 atom stereocenters. The summed E-state index contributed by atoms with van der Waals surface area (Å²) in [5.41, 5.74) is -1.38. The van der Waals surface area contributed by atoms with Gasteiger partial charge in [0.05, 0.1) is 22.7 Å². The summed E-state index contributed by atoms with van der Waals surface area (Å²) < 4.78 is 41.8. The predicted molar refractivity (Wildman–Crippen MR) is 114 cm³/mol. The van der Waals surface area contributed by atoms with Gasteiger partial charge < -0.3 is 20.0 Å². The monoisotopic (exact) mass is 500 g/mol. The Balaban J connectivity index is 1.42. The summed E-state index contributed by atoms with van der Waals surface area (Å²) in [7, 11) is 0. The molecule has 0 spiro atoms. The SMILES string of the molecule is CC(CO)c1cc(C(F)(F)F)n2nc(C(=O)N3CCN([C@H]4C[C@@H]5C[C@@H]5[C@@H]4O)C(=O)C3)c(Cl)c2c1. The van der Waals surface area contributed by atoms with E-state index >= 15 is 0 Å². The highest BCUT2D eigenvalue weighted by Crippen LogP contribution is 2.53. The van der Waals surface area contributed by atoms with Gasteiger partial charge in [-0.25, -0.2) is 4.52 Å². The molecule has 3 heterocycles. The highest BCUT2D eigenvalue weighted by atomic mass is 35.5. The van der Waals surface area contributed by atoms with Crippen LogP contribution in [0.1, 0.15) is 47.4 Å². The van der Waals surface area contributed by atoms with E-state index in [4.69, 9.17) is 11.6 Å². The first-order chi connectivity index (χ1) is 16.0. The smallest absolute Gasteiger partial charge is 0.396 e. The van der Waals surface area contributed by atoms with Gasteiger partial charge in [0.15, 0.2) is 5.69 Å². The van der Waals surface area contributed by atoms with Crippen molar-refractivity contribution in [1.82, 2.24) is 19.4 Å². The summed E-state index contributed by atoms with van der Waals surface area (Å²) in [5, 5.41) is 23.4. The van der Waals surface area contributed by atoms with E-state index in [0.29, 0.717) is 10.4 Å². The number of carbonyl (C=O) groups is 2. The Morgan fingerprint density at radius 2 is 2.03 bits per heavy atom. The molecule has 2 N–H and O–H groups in total. The molecule has 3 aliphatic rings. The Morgan fingerprint density at radius 3 is 2.62 bits per heavy atom. The Labute approximate surface area is 197 Å². The molecule has 1 aliphatic heterocycles. The molecule has 184 valence electrons. The molecule has 1 saturated heterocycles. The number of pyridine rings is 1. The Hall–Kier alpha value is -2.37. The highest BCUT2D eigenvalue weighted by molar-refractivity contribution is 6.36. The molecule has 5 rings (SSSR count). The van der Waals surface area contributed by atoms with Gasteiger partial charge >= 0.3 is 6.18 Å². The minimum absolute atomic E-state index is 0.103. The van der Waals surface area contributed by atoms with Crippen molar-refractivity contribution in [2.75, 3.05) is 26.2 Å². The van der Waals surface area contributed by atoms with E-state index in [2.05, 4.69) is 5.10 Å². The summed E-state index contributed by atoms with van der Waals surface area (Å²) >= 11 is 6.33. The van der Waals surface area contributed by atoms with Crippen LogP contribution in [-0.2, 0) is 11.0 Å². The molecule has 8 nitrogen and oxygen atoms in total. The fourth-order valence-electron chi connectivity index (χ4n) is 5.23. The van der Waals surface area contributed by atoms with E-state index in [0.717, 1.165) is 18.9 Å². The molecule has 2 aliphatic carbocycles. The van der Waals surface area contributed by atoms with E-state index < -0.39 is 29.8 Å². The van der Waals surface area contributed by atoms with Crippen LogP contribution in [-0.4, -0.2) is 79.8 Å². The second kappa shape index (κ2) is 8.10. The number of rotatable bonds is 4. The second-order valence-electron chi connectivity index (χ2n) is 9.48. The summed E-state index contributed by atoms with van der Waals surface area (Å²) in [6.07, 6.45) is -3.60. The van der Waals surface area contributed by atoms with Gasteiger partial charge in [-0.3, -0.25) is 9.59 Å². The average Bonchev–Trinajstić information content (AvgIpc) is 3.40. The standard InChI is InChI=1S/C22H24ClF3N4O4/c1-10(9-31)11-5-14-18(23)19(27-30(14)16(7-11)22(24,25)26)21(34)28-2-3-29(17(32)8-28)15-6-12-4-13(12)20(15)33/h5,7,10,12-13,15,20,31,33H,2-4,6,8-9H2,1H3/t10?,12-,13-,15-,20-/m0/s1. The molecule has 1 unspecified atom stereocenters. The van der Waals surface area contributed by atoms with Crippen molar-refractivity contribution in [2.24, 2.45) is 11.8 Å². The first kappa shape index (κ1) is 23.4. The van der Waals surface area contributed by atoms with E-state index in [9.17, 15) is 33.0 Å². The Morgan fingerprint density at radius 1 is 1.29 bits per heavy atom. The first-order valence-electron chi connectivity index (χ1n) is 11.2. The summed E-state index contributed by atoms with van der Waals surface area (Å²) in [6, 6.07) is 2.00. The maximum atomic E-state index is 13.7. The van der Waals surface area contributed by atoms with Crippen molar-refractivity contribution in [3.8, 4) is 0 Å². The summed E-state index contributed by atoms with van der Waals surface area (Å²) in [5.74, 6) is -0.943. The topological polar surface area (TPSA) is 98.4 Å². The van der Waals surface area contributed by atoms with Crippen molar-refractivity contribution < 1.29 is 33.0 Å². The lowest BCUT2D eigenvalue weighted by Crippen LogP contribution is -2.57. The zero-order valence-corrected chi connectivity index (χ0v) is 19.1. The van der Waals surface area contributed by atoms with Crippen LogP contribution in [0.4, 0.5) is 13.2 Å². The molecule has 0 bridgehead atoms. The van der Waals surface area contributed by atoms with Crippen molar-refractivity contribution in [2.45, 2.75) is 44.0 Å². The number of piperazine rings is 1. The van der Waals surface area contributed by atoms with E-state index in [1.54, 1.807) is 11.8 Å². The van der Waals surface area contributed by atoms with Gasteiger partial charge in [0.25, 0.3) is 5.91 Å². The molecule has 0 aromatic carbocycles. The van der Waals surface area contributed by atoms with Crippen LogP contribution in [0.3, 0.4) is 0 Å². The number of amides is 2. The highest BCUT2D eigenvalue weighted by Gasteiger charge is 2.55. The maximum Gasteiger partial charge on any atom is 0.433 e. The number of aromatic nitrogens is 2. The normalized spacial score (nSPS) is 27.9. The molecule has 2 aromatic heterocycles. The van der Waals surface area contributed by atoms with Gasteiger partial charge in [-0.15, -0.1) is 0 Å². The quantitative estimate of drug-likeness (QED) is 0.670. The van der Waals surface area contributed by atoms with Crippen LogP contribution < -0.4 is 0 Å². The van der Waals surface area contributed by atoms with Crippen LogP contribution in [0, 0.1) is 11.8 Å². The van der Waals surface area contributed by atoms with Crippen LogP contribution >= 0.6 is 11.6 Å². The molecule has 0 radical (unpaired) electrons. The zero-order chi connectivity index (χ0) is 24.5. The Kier molecular flexibility index (Phi) is 5.57. The van der Waals surface area contributed by atoms with E-state index in [-0.39, 0.29) is 65.9 Å². The Bertz CT molecular complexity index is 1170. The van der Waals surface area contributed by atoms with Crippen LogP contribution in [0.2, 0.25) is 5.02 Å². The number of alkyl halides is 3. The number of hydrogen-bond acceptors (Lipinski definition) is 5. The molecule has 2 amide bonds. The molecule has 3 fully saturated rings. The third-order valence-electron chi connectivity index (χ3n) is 7.33. The van der Waals surface area contributed by atoms with Crippen LogP contribution in [0.15, 0.2) is 12.1 Å². The lowest BCUT2D eigenvalue weighted by atomic mass is 10.0. The number of halogens is 4. The largest absolute Gasteiger partial charge is 0.433 e. The molecular weight excluding hydrogens is 477 g/mol. The number of hydrogen-bond donors (Lipinski definition) is 2. The fourth-order valence-corrected chi connectivity index (χ4v) is 5.49. The number of fused-ring (bicyclic) bond motifs is 2. The van der Waals surface area contributed by atoms with Crippen molar-refractivity contribution >= 4 is 28.9 Å². The molecule has 2 aromatic rings. The molecule has 34 heavy (non-hydrogen) atoms. The minimum atomic E-state index is -4.77. The predicted octanol–water partition coefficient (Wildman–Crippen LogP) is 2.16. The van der Waals surface area contributed by atoms with Gasteiger partial charge in [-0.05, 0) is 42.4 Å². The lowest BCUT2D eigenvalue weighted by Gasteiger charge is -2.39. The summed E-state index contributed by atoms with van der Waals surface area (Å²) in [6.45, 7) is 1.32. The van der Waals surface area contributed by atoms with Gasteiger partial charge in [-0.2, -0.15) is 18.3 Å².